The van der Waals surface area contributed by atoms with Crippen LogP contribution < -0.4 is 5.73 Å². The number of thioether (sulfide) groups is 1. The van der Waals surface area contributed by atoms with Gasteiger partial charge < -0.3 is 10.5 Å². The van der Waals surface area contributed by atoms with Gasteiger partial charge in [0.2, 0.25) is 0 Å². The summed E-state index contributed by atoms with van der Waals surface area (Å²) in [4.78, 5) is 0. The van der Waals surface area contributed by atoms with Crippen LogP contribution in [0.3, 0.4) is 0 Å². The molecule has 2 N–H and O–H groups in total. The summed E-state index contributed by atoms with van der Waals surface area (Å²) in [6.07, 6.45) is 9.46. The molecule has 0 saturated carbocycles. The zero-order valence-corrected chi connectivity index (χ0v) is 10.3. The van der Waals surface area contributed by atoms with E-state index >= 15 is 0 Å². The predicted octanol–water partition coefficient (Wildman–Crippen LogP) is 2.56. The van der Waals surface area contributed by atoms with Crippen LogP contribution in [0, 0.1) is 0 Å². The fourth-order valence-electron chi connectivity index (χ4n) is 2.58. The van der Waals surface area contributed by atoms with Crippen molar-refractivity contribution in [1.29, 1.82) is 0 Å². The zero-order chi connectivity index (χ0) is 10.5. The third-order valence-electron chi connectivity index (χ3n) is 3.53. The molecule has 3 heteroatoms. The normalized spacial score (nSPS) is 33.4. The Bertz CT molecular complexity index is 176. The zero-order valence-electron chi connectivity index (χ0n) is 9.49. The van der Waals surface area contributed by atoms with Crippen LogP contribution in [-0.2, 0) is 4.74 Å². The molecule has 0 amide bonds. The van der Waals surface area contributed by atoms with Gasteiger partial charge in [-0.2, -0.15) is 11.8 Å². The topological polar surface area (TPSA) is 35.2 Å². The van der Waals surface area contributed by atoms with Gasteiger partial charge in [-0.15, -0.1) is 0 Å². The largest absolute Gasteiger partial charge is 0.378 e. The van der Waals surface area contributed by atoms with E-state index in [1.54, 1.807) is 0 Å². The molecule has 2 aliphatic rings. The van der Waals surface area contributed by atoms with Crippen LogP contribution in [-0.4, -0.2) is 29.8 Å². The van der Waals surface area contributed by atoms with Gasteiger partial charge in [-0.25, -0.2) is 0 Å². The highest BCUT2D eigenvalue weighted by atomic mass is 32.2. The van der Waals surface area contributed by atoms with Crippen molar-refractivity contribution in [3.05, 3.63) is 0 Å². The first-order valence-electron chi connectivity index (χ1n) is 6.35. The molecule has 2 saturated heterocycles. The lowest BCUT2D eigenvalue weighted by molar-refractivity contribution is 0.101. The van der Waals surface area contributed by atoms with Gasteiger partial charge in [0.05, 0.1) is 6.10 Å². The van der Waals surface area contributed by atoms with Gasteiger partial charge in [0.25, 0.3) is 0 Å². The molecule has 2 heterocycles. The third kappa shape index (κ3) is 3.65. The lowest BCUT2D eigenvalue weighted by atomic mass is 10.0. The van der Waals surface area contributed by atoms with Crippen molar-refractivity contribution in [2.24, 2.45) is 5.73 Å². The van der Waals surface area contributed by atoms with Crippen LogP contribution in [0.25, 0.3) is 0 Å². The number of ether oxygens (including phenoxy) is 1. The van der Waals surface area contributed by atoms with Crippen molar-refractivity contribution < 1.29 is 4.74 Å². The molecule has 0 radical (unpaired) electrons. The van der Waals surface area contributed by atoms with Gasteiger partial charge in [0.1, 0.15) is 0 Å². The molecule has 0 aromatic heterocycles. The third-order valence-corrected chi connectivity index (χ3v) is 5.07. The summed E-state index contributed by atoms with van der Waals surface area (Å²) in [5.41, 5.74) is 6.20. The summed E-state index contributed by atoms with van der Waals surface area (Å²) in [5, 5.41) is 0.745. The highest BCUT2D eigenvalue weighted by Crippen LogP contribution is 2.30. The van der Waals surface area contributed by atoms with Crippen LogP contribution in [0.15, 0.2) is 0 Å². The van der Waals surface area contributed by atoms with Gasteiger partial charge in [-0.3, -0.25) is 0 Å². The maximum atomic E-state index is 6.20. The fraction of sp³-hybridized carbons (Fsp3) is 1.00. The summed E-state index contributed by atoms with van der Waals surface area (Å²) in [6, 6.07) is 0.430. The van der Waals surface area contributed by atoms with E-state index < -0.39 is 0 Å². The van der Waals surface area contributed by atoms with E-state index in [1.807, 2.05) is 0 Å². The number of rotatable bonds is 5. The maximum Gasteiger partial charge on any atom is 0.0576 e. The maximum absolute atomic E-state index is 6.20. The van der Waals surface area contributed by atoms with Crippen LogP contribution in [0.1, 0.15) is 44.9 Å². The molecular formula is C12H23NOS. The Morgan fingerprint density at radius 1 is 1.33 bits per heavy atom. The molecule has 3 unspecified atom stereocenters. The van der Waals surface area contributed by atoms with Gasteiger partial charge in [-0.1, -0.05) is 0 Å². The fourth-order valence-corrected chi connectivity index (χ4v) is 3.93. The molecule has 15 heavy (non-hydrogen) atoms. The van der Waals surface area contributed by atoms with E-state index in [0.29, 0.717) is 12.1 Å². The van der Waals surface area contributed by atoms with Crippen LogP contribution in [0.2, 0.25) is 0 Å². The van der Waals surface area contributed by atoms with Gasteiger partial charge in [0, 0.05) is 17.9 Å². The molecule has 2 rings (SSSR count). The molecule has 2 fully saturated rings. The van der Waals surface area contributed by atoms with E-state index in [2.05, 4.69) is 11.8 Å². The molecule has 0 aromatic rings. The SMILES string of the molecule is NC(CCCC1CCCO1)C1CCCS1. The molecule has 0 aromatic carbocycles. The van der Waals surface area contributed by atoms with Crippen LogP contribution in [0.4, 0.5) is 0 Å². The minimum absolute atomic E-state index is 0.430. The molecular weight excluding hydrogens is 206 g/mol. The van der Waals surface area contributed by atoms with Gasteiger partial charge >= 0.3 is 0 Å². The molecule has 2 nitrogen and oxygen atoms in total. The van der Waals surface area contributed by atoms with Crippen LogP contribution in [0.5, 0.6) is 0 Å². The molecule has 0 aliphatic carbocycles. The van der Waals surface area contributed by atoms with Crippen molar-refractivity contribution in [3.63, 3.8) is 0 Å². The van der Waals surface area contributed by atoms with Gasteiger partial charge in [-0.05, 0) is 50.7 Å². The van der Waals surface area contributed by atoms with E-state index in [4.69, 9.17) is 10.5 Å². The second-order valence-electron chi connectivity index (χ2n) is 4.78. The second kappa shape index (κ2) is 6.12. The number of nitrogens with two attached hydrogens (primary N) is 1. The molecule has 2 aliphatic heterocycles. The molecule has 0 spiro atoms. The highest BCUT2D eigenvalue weighted by Gasteiger charge is 2.23. The first kappa shape index (κ1) is 11.7. The average molecular weight is 229 g/mol. The minimum atomic E-state index is 0.430. The first-order chi connectivity index (χ1) is 7.36. The Hall–Kier alpha value is 0.270. The minimum Gasteiger partial charge on any atom is -0.378 e. The Morgan fingerprint density at radius 2 is 2.27 bits per heavy atom. The van der Waals surface area contributed by atoms with E-state index in [1.165, 1.54) is 50.7 Å². The Kier molecular flexibility index (Phi) is 4.79. The Labute approximate surface area is 97.3 Å². The summed E-state index contributed by atoms with van der Waals surface area (Å²) >= 11 is 2.08. The second-order valence-corrected chi connectivity index (χ2v) is 6.13. The quantitative estimate of drug-likeness (QED) is 0.787. The summed E-state index contributed by atoms with van der Waals surface area (Å²) in [6.45, 7) is 0.981. The predicted molar refractivity (Wildman–Crippen MR) is 66.3 cm³/mol. The van der Waals surface area contributed by atoms with E-state index in [0.717, 1.165) is 11.9 Å². The van der Waals surface area contributed by atoms with Crippen LogP contribution >= 0.6 is 11.8 Å². The number of hydrogen-bond donors (Lipinski definition) is 1. The van der Waals surface area contributed by atoms with Gasteiger partial charge in [0.15, 0.2) is 0 Å². The molecule has 3 atom stereocenters. The first-order valence-corrected chi connectivity index (χ1v) is 7.40. The van der Waals surface area contributed by atoms with Crippen molar-refractivity contribution in [2.75, 3.05) is 12.4 Å². The molecule has 0 bridgehead atoms. The Morgan fingerprint density at radius 3 is 2.93 bits per heavy atom. The average Bonchev–Trinajstić information content (AvgIpc) is 2.90. The number of hydrogen-bond acceptors (Lipinski definition) is 3. The van der Waals surface area contributed by atoms with Crippen molar-refractivity contribution in [2.45, 2.75) is 62.3 Å². The smallest absolute Gasteiger partial charge is 0.0576 e. The summed E-state index contributed by atoms with van der Waals surface area (Å²) in [7, 11) is 0. The monoisotopic (exact) mass is 229 g/mol. The van der Waals surface area contributed by atoms with E-state index in [9.17, 15) is 0 Å². The Balaban J connectivity index is 1.56. The molecule has 88 valence electrons. The van der Waals surface area contributed by atoms with Crippen molar-refractivity contribution in [1.82, 2.24) is 0 Å². The van der Waals surface area contributed by atoms with Crippen molar-refractivity contribution >= 4 is 11.8 Å². The summed E-state index contributed by atoms with van der Waals surface area (Å²) in [5.74, 6) is 1.32. The highest BCUT2D eigenvalue weighted by molar-refractivity contribution is 8.00. The lowest BCUT2D eigenvalue weighted by Crippen LogP contribution is -2.30. The van der Waals surface area contributed by atoms with Crippen molar-refractivity contribution in [3.8, 4) is 0 Å². The standard InChI is InChI=1S/C12H23NOS/c13-11(12-7-3-9-15-12)6-1-4-10-5-2-8-14-10/h10-12H,1-9,13H2. The van der Waals surface area contributed by atoms with E-state index in [-0.39, 0.29) is 0 Å². The summed E-state index contributed by atoms with van der Waals surface area (Å²) < 4.78 is 5.61. The lowest BCUT2D eigenvalue weighted by Gasteiger charge is -2.18.